The van der Waals surface area contributed by atoms with Gasteiger partial charge in [-0.1, -0.05) is 12.1 Å². The average Bonchev–Trinajstić information content (AvgIpc) is 2.38. The summed E-state index contributed by atoms with van der Waals surface area (Å²) in [7, 11) is -1.93. The van der Waals surface area contributed by atoms with Gasteiger partial charge in [-0.25, -0.2) is 4.57 Å². The van der Waals surface area contributed by atoms with Crippen LogP contribution in [0.4, 0.5) is 0 Å². The summed E-state index contributed by atoms with van der Waals surface area (Å²) in [5.74, 6) is 0.778. The fourth-order valence-electron chi connectivity index (χ4n) is 1.82. The number of methoxy groups -OCH3 is 1. The highest BCUT2D eigenvalue weighted by molar-refractivity contribution is 7.48. The van der Waals surface area contributed by atoms with E-state index < -0.39 is 13.4 Å². The van der Waals surface area contributed by atoms with E-state index in [1.165, 1.54) is 0 Å². The monoisotopic (exact) mass is 315 g/mol. The molecule has 0 bridgehead atoms. The zero-order valence-corrected chi connectivity index (χ0v) is 14.2. The molecule has 0 aliphatic rings. The van der Waals surface area contributed by atoms with E-state index in [4.69, 9.17) is 18.3 Å². The highest BCUT2D eigenvalue weighted by atomic mass is 31.2. The van der Waals surface area contributed by atoms with Crippen molar-refractivity contribution in [1.82, 2.24) is 0 Å². The van der Waals surface area contributed by atoms with Crippen LogP contribution in [0.15, 0.2) is 24.3 Å². The molecule has 1 rings (SSSR count). The second kappa shape index (κ2) is 7.95. The minimum atomic E-state index is -3.55. The minimum Gasteiger partial charge on any atom is -0.497 e. The highest BCUT2D eigenvalue weighted by Crippen LogP contribution is 2.53. The van der Waals surface area contributed by atoms with E-state index in [0.717, 1.165) is 11.3 Å². The van der Waals surface area contributed by atoms with Gasteiger partial charge in [-0.2, -0.15) is 0 Å². The predicted octanol–water partition coefficient (Wildman–Crippen LogP) is 4.22. The van der Waals surface area contributed by atoms with Crippen molar-refractivity contribution in [1.29, 1.82) is 0 Å². The first-order chi connectivity index (χ1) is 9.84. The van der Waals surface area contributed by atoms with E-state index >= 15 is 0 Å². The molecule has 0 fully saturated rings. The number of ether oxygens (including phenoxy) is 1. The van der Waals surface area contributed by atoms with Gasteiger partial charge in [-0.15, -0.1) is 0 Å². The molecule has 1 aromatic rings. The van der Waals surface area contributed by atoms with Crippen molar-refractivity contribution in [3.05, 3.63) is 36.2 Å². The van der Waals surface area contributed by atoms with E-state index in [1.54, 1.807) is 21.0 Å². The van der Waals surface area contributed by atoms with Crippen molar-refractivity contribution in [2.45, 2.75) is 33.3 Å². The van der Waals surface area contributed by atoms with Gasteiger partial charge in [-0.05, 0) is 45.4 Å². The molecular formula is C15H24O5P. The number of benzene rings is 1. The van der Waals surface area contributed by atoms with E-state index in [2.05, 4.69) is 0 Å². The van der Waals surface area contributed by atoms with Crippen molar-refractivity contribution in [2.24, 2.45) is 0 Å². The molecule has 0 saturated carbocycles. The number of rotatable bonds is 9. The maximum atomic E-state index is 12.4. The Morgan fingerprint density at radius 3 is 2.05 bits per heavy atom. The average molecular weight is 315 g/mol. The molecule has 1 aromatic carbocycles. The fourth-order valence-corrected chi connectivity index (χ4v) is 3.26. The molecule has 0 aromatic heterocycles. The molecule has 6 heteroatoms. The lowest BCUT2D eigenvalue weighted by atomic mass is 9.99. The Morgan fingerprint density at radius 2 is 1.62 bits per heavy atom. The van der Waals surface area contributed by atoms with Gasteiger partial charge in [0.1, 0.15) is 5.75 Å². The Hall–Kier alpha value is -0.870. The SMILES string of the molecule is CCOP(=O)(OCC)OC(C)(C)[CH]c1ccc(OC)cc1. The van der Waals surface area contributed by atoms with Crippen LogP contribution in [0.3, 0.4) is 0 Å². The molecule has 119 valence electrons. The lowest BCUT2D eigenvalue weighted by Gasteiger charge is -2.29. The number of hydrogen-bond donors (Lipinski definition) is 0. The summed E-state index contributed by atoms with van der Waals surface area (Å²) in [6, 6.07) is 7.51. The van der Waals surface area contributed by atoms with Crippen molar-refractivity contribution in [3.63, 3.8) is 0 Å². The molecule has 21 heavy (non-hydrogen) atoms. The fraction of sp³-hybridized carbons (Fsp3) is 0.533. The van der Waals surface area contributed by atoms with Gasteiger partial charge in [-0.3, -0.25) is 13.6 Å². The molecule has 0 aliphatic heterocycles. The summed E-state index contributed by atoms with van der Waals surface area (Å²) in [6.45, 7) is 7.63. The largest absolute Gasteiger partial charge is 0.497 e. The van der Waals surface area contributed by atoms with E-state index in [-0.39, 0.29) is 13.2 Å². The second-order valence-electron chi connectivity index (χ2n) is 4.89. The molecule has 0 atom stereocenters. The number of phosphoric ester groups is 1. The molecule has 0 amide bonds. The van der Waals surface area contributed by atoms with Crippen LogP contribution in [0.2, 0.25) is 0 Å². The highest BCUT2D eigenvalue weighted by Gasteiger charge is 2.34. The quantitative estimate of drug-likeness (QED) is 0.638. The Balaban J connectivity index is 2.76. The summed E-state index contributed by atoms with van der Waals surface area (Å²) in [5.41, 5.74) is 0.134. The molecule has 5 nitrogen and oxygen atoms in total. The van der Waals surface area contributed by atoms with Crippen LogP contribution in [0.5, 0.6) is 5.75 Å². The summed E-state index contributed by atoms with van der Waals surface area (Å²) >= 11 is 0. The van der Waals surface area contributed by atoms with Crippen LogP contribution in [0, 0.1) is 6.42 Å². The molecule has 0 heterocycles. The number of phosphoric acid groups is 1. The second-order valence-corrected chi connectivity index (χ2v) is 6.49. The van der Waals surface area contributed by atoms with Crippen molar-refractivity contribution in [3.8, 4) is 5.75 Å². The van der Waals surface area contributed by atoms with Gasteiger partial charge in [0.05, 0.1) is 25.9 Å². The molecule has 0 unspecified atom stereocenters. The number of hydrogen-bond acceptors (Lipinski definition) is 5. The Labute approximate surface area is 127 Å². The van der Waals surface area contributed by atoms with Crippen LogP contribution >= 0.6 is 7.82 Å². The molecule has 1 radical (unpaired) electrons. The van der Waals surface area contributed by atoms with E-state index in [9.17, 15) is 4.57 Å². The molecule has 0 N–H and O–H groups in total. The summed E-state index contributed by atoms with van der Waals surface area (Å²) in [6.07, 6.45) is 1.86. The van der Waals surface area contributed by atoms with Crippen LogP contribution in [-0.2, 0) is 18.1 Å². The summed E-state index contributed by atoms with van der Waals surface area (Å²) in [5, 5.41) is 0. The molecular weight excluding hydrogens is 291 g/mol. The first-order valence-corrected chi connectivity index (χ1v) is 8.40. The Kier molecular flexibility index (Phi) is 6.88. The van der Waals surface area contributed by atoms with Gasteiger partial charge in [0.15, 0.2) is 0 Å². The van der Waals surface area contributed by atoms with Gasteiger partial charge in [0.25, 0.3) is 0 Å². The third kappa shape index (κ3) is 6.18. The van der Waals surface area contributed by atoms with Crippen LogP contribution in [0.1, 0.15) is 33.3 Å². The van der Waals surface area contributed by atoms with Gasteiger partial charge >= 0.3 is 7.82 Å². The van der Waals surface area contributed by atoms with Crippen LogP contribution in [-0.4, -0.2) is 25.9 Å². The first kappa shape index (κ1) is 18.2. The van der Waals surface area contributed by atoms with Crippen LogP contribution < -0.4 is 4.74 Å². The van der Waals surface area contributed by atoms with Gasteiger partial charge in [0, 0.05) is 6.42 Å². The zero-order valence-electron chi connectivity index (χ0n) is 13.3. The van der Waals surface area contributed by atoms with E-state index in [1.807, 2.05) is 44.5 Å². The third-order valence-corrected chi connectivity index (χ3v) is 4.39. The Morgan fingerprint density at radius 1 is 1.10 bits per heavy atom. The maximum Gasteiger partial charge on any atom is 0.475 e. The molecule has 0 aliphatic carbocycles. The van der Waals surface area contributed by atoms with Gasteiger partial charge in [0.2, 0.25) is 0 Å². The zero-order chi connectivity index (χ0) is 15.9. The molecule has 0 saturated heterocycles. The minimum absolute atomic E-state index is 0.260. The van der Waals surface area contributed by atoms with Crippen molar-refractivity contribution >= 4 is 7.82 Å². The Bertz CT molecular complexity index is 459. The summed E-state index contributed by atoms with van der Waals surface area (Å²) in [4.78, 5) is 0. The van der Waals surface area contributed by atoms with Gasteiger partial charge < -0.3 is 4.74 Å². The molecule has 0 spiro atoms. The first-order valence-electron chi connectivity index (χ1n) is 6.94. The predicted molar refractivity (Wildman–Crippen MR) is 82.4 cm³/mol. The van der Waals surface area contributed by atoms with Crippen LogP contribution in [0.25, 0.3) is 0 Å². The van der Waals surface area contributed by atoms with Crippen molar-refractivity contribution in [2.75, 3.05) is 20.3 Å². The van der Waals surface area contributed by atoms with E-state index in [0.29, 0.717) is 0 Å². The topological polar surface area (TPSA) is 54.0 Å². The lowest BCUT2D eigenvalue weighted by Crippen LogP contribution is -2.25. The smallest absolute Gasteiger partial charge is 0.475 e. The summed E-state index contributed by atoms with van der Waals surface area (Å²) < 4.78 is 33.4. The van der Waals surface area contributed by atoms with Crippen molar-refractivity contribution < 1.29 is 22.9 Å². The maximum absolute atomic E-state index is 12.4. The third-order valence-electron chi connectivity index (χ3n) is 2.55. The standard InChI is InChI=1S/C15H24O5P/c1-6-18-21(16,19-7-2)20-15(3,4)12-13-8-10-14(17-5)11-9-13/h8-12H,6-7H2,1-5H3. The lowest BCUT2D eigenvalue weighted by molar-refractivity contribution is 0.0562. The normalized spacial score (nSPS) is 12.4.